The summed E-state index contributed by atoms with van der Waals surface area (Å²) in [5.74, 6) is -1.68. The van der Waals surface area contributed by atoms with Crippen LogP contribution in [0.5, 0.6) is 0 Å². The molecular formula is C25H32N2O5. The van der Waals surface area contributed by atoms with Gasteiger partial charge in [0.25, 0.3) is 5.91 Å². The van der Waals surface area contributed by atoms with Crippen LogP contribution in [0.25, 0.3) is 0 Å². The zero-order valence-corrected chi connectivity index (χ0v) is 19.2. The van der Waals surface area contributed by atoms with Gasteiger partial charge in [0.2, 0.25) is 0 Å². The van der Waals surface area contributed by atoms with E-state index in [1.807, 2.05) is 44.2 Å². The van der Waals surface area contributed by atoms with E-state index in [4.69, 9.17) is 9.47 Å². The van der Waals surface area contributed by atoms with Crippen molar-refractivity contribution in [2.24, 2.45) is 0 Å². The number of esters is 2. The minimum absolute atomic E-state index is 0.0162. The summed E-state index contributed by atoms with van der Waals surface area (Å²) < 4.78 is 11.0. The molecule has 0 spiro atoms. The molecule has 0 aliphatic carbocycles. The standard InChI is InChI=1S/C25H32N2O5/c1-16(2)26-22(19-12-8-6-9-13-19)25(30)32-18(5)21(24(29)31-17(3)4)27-23(28)20-14-10-7-11-15-20/h6-18,21-22,26H,1-5H3,(H,27,28)/t18-,21+,22+/m1/s1. The second-order valence-corrected chi connectivity index (χ2v) is 8.11. The Bertz CT molecular complexity index is 884. The van der Waals surface area contributed by atoms with Gasteiger partial charge in [0, 0.05) is 11.6 Å². The maximum atomic E-state index is 13.0. The average molecular weight is 441 g/mol. The van der Waals surface area contributed by atoms with Crippen molar-refractivity contribution >= 4 is 17.8 Å². The Morgan fingerprint density at radius 2 is 1.31 bits per heavy atom. The number of benzene rings is 2. The largest absolute Gasteiger partial charge is 0.461 e. The van der Waals surface area contributed by atoms with Crippen LogP contribution in [0.1, 0.15) is 56.6 Å². The first-order valence-electron chi connectivity index (χ1n) is 10.8. The fraction of sp³-hybridized carbons (Fsp3) is 0.400. The van der Waals surface area contributed by atoms with Gasteiger partial charge in [0.1, 0.15) is 12.1 Å². The maximum absolute atomic E-state index is 13.0. The number of hydrogen-bond acceptors (Lipinski definition) is 6. The number of amides is 1. The molecule has 1 amide bonds. The smallest absolute Gasteiger partial charge is 0.332 e. The molecule has 0 radical (unpaired) electrons. The number of nitrogens with one attached hydrogen (secondary N) is 2. The van der Waals surface area contributed by atoms with Crippen LogP contribution < -0.4 is 10.6 Å². The van der Waals surface area contributed by atoms with E-state index in [2.05, 4.69) is 10.6 Å². The summed E-state index contributed by atoms with van der Waals surface area (Å²) in [6.45, 7) is 8.84. The van der Waals surface area contributed by atoms with Crippen molar-refractivity contribution in [3.63, 3.8) is 0 Å². The summed E-state index contributed by atoms with van der Waals surface area (Å²) in [7, 11) is 0. The Kier molecular flexibility index (Phi) is 9.40. The van der Waals surface area contributed by atoms with E-state index in [1.54, 1.807) is 51.1 Å². The molecule has 0 fully saturated rings. The molecule has 0 saturated heterocycles. The SMILES string of the molecule is CC(C)N[C@H](C(=O)O[C@H](C)[C@H](NC(=O)c1ccccc1)C(=O)OC(C)C)c1ccccc1. The summed E-state index contributed by atoms with van der Waals surface area (Å²) >= 11 is 0. The number of hydrogen-bond donors (Lipinski definition) is 2. The number of carbonyl (C=O) groups excluding carboxylic acids is 3. The molecule has 0 unspecified atom stereocenters. The zero-order chi connectivity index (χ0) is 23.7. The molecule has 7 nitrogen and oxygen atoms in total. The predicted octanol–water partition coefficient (Wildman–Crippen LogP) is 3.41. The monoisotopic (exact) mass is 440 g/mol. The Balaban J connectivity index is 2.21. The maximum Gasteiger partial charge on any atom is 0.332 e. The van der Waals surface area contributed by atoms with Gasteiger partial charge in [-0.15, -0.1) is 0 Å². The van der Waals surface area contributed by atoms with Crippen LogP contribution in [0.3, 0.4) is 0 Å². The van der Waals surface area contributed by atoms with Gasteiger partial charge in [-0.3, -0.25) is 10.1 Å². The number of carbonyl (C=O) groups is 3. The van der Waals surface area contributed by atoms with Crippen LogP contribution in [0.2, 0.25) is 0 Å². The predicted molar refractivity (Wildman–Crippen MR) is 122 cm³/mol. The first-order valence-corrected chi connectivity index (χ1v) is 10.8. The summed E-state index contributed by atoms with van der Waals surface area (Å²) in [4.78, 5) is 38.4. The molecule has 0 aliphatic heterocycles. The quantitative estimate of drug-likeness (QED) is 0.550. The van der Waals surface area contributed by atoms with E-state index in [-0.39, 0.29) is 12.1 Å². The van der Waals surface area contributed by atoms with Crippen molar-refractivity contribution in [2.75, 3.05) is 0 Å². The van der Waals surface area contributed by atoms with Crippen molar-refractivity contribution in [3.8, 4) is 0 Å². The van der Waals surface area contributed by atoms with E-state index in [0.717, 1.165) is 5.56 Å². The third-order valence-electron chi connectivity index (χ3n) is 4.57. The van der Waals surface area contributed by atoms with Crippen LogP contribution in [0.4, 0.5) is 0 Å². The minimum Gasteiger partial charge on any atom is -0.461 e. The van der Waals surface area contributed by atoms with Gasteiger partial charge in [-0.1, -0.05) is 48.5 Å². The highest BCUT2D eigenvalue weighted by Gasteiger charge is 2.34. The molecule has 3 atom stereocenters. The normalized spacial score (nSPS) is 13.8. The van der Waals surface area contributed by atoms with Gasteiger partial charge in [0.15, 0.2) is 6.04 Å². The molecule has 7 heteroatoms. The molecule has 0 bridgehead atoms. The van der Waals surface area contributed by atoms with E-state index < -0.39 is 36.0 Å². The van der Waals surface area contributed by atoms with Gasteiger partial charge in [-0.2, -0.15) is 0 Å². The fourth-order valence-corrected chi connectivity index (χ4v) is 3.09. The van der Waals surface area contributed by atoms with Crippen LogP contribution in [0, 0.1) is 0 Å². The molecule has 0 heterocycles. The van der Waals surface area contributed by atoms with E-state index in [0.29, 0.717) is 5.56 Å². The lowest BCUT2D eigenvalue weighted by Crippen LogP contribution is -2.51. The van der Waals surface area contributed by atoms with Gasteiger partial charge in [0.05, 0.1) is 6.10 Å². The van der Waals surface area contributed by atoms with Crippen molar-refractivity contribution < 1.29 is 23.9 Å². The molecule has 2 aromatic rings. The Hall–Kier alpha value is -3.19. The molecule has 2 N–H and O–H groups in total. The number of rotatable bonds is 10. The molecule has 0 aromatic heterocycles. The van der Waals surface area contributed by atoms with Gasteiger partial charge < -0.3 is 14.8 Å². The van der Waals surface area contributed by atoms with Crippen LogP contribution in [0.15, 0.2) is 60.7 Å². The van der Waals surface area contributed by atoms with Crippen molar-refractivity contribution in [1.82, 2.24) is 10.6 Å². The Morgan fingerprint density at radius 1 is 0.750 bits per heavy atom. The van der Waals surface area contributed by atoms with Crippen molar-refractivity contribution in [2.45, 2.75) is 65.0 Å². The highest BCUT2D eigenvalue weighted by atomic mass is 16.6. The zero-order valence-electron chi connectivity index (χ0n) is 19.2. The molecule has 172 valence electrons. The molecule has 0 saturated carbocycles. The molecule has 0 aliphatic rings. The molecule has 2 rings (SSSR count). The minimum atomic E-state index is -1.16. The topological polar surface area (TPSA) is 93.7 Å². The third-order valence-corrected chi connectivity index (χ3v) is 4.57. The van der Waals surface area contributed by atoms with Crippen LogP contribution in [-0.4, -0.2) is 42.1 Å². The summed E-state index contributed by atoms with van der Waals surface area (Å²) in [6, 6.07) is 15.8. The lowest BCUT2D eigenvalue weighted by Gasteiger charge is -2.27. The van der Waals surface area contributed by atoms with Crippen molar-refractivity contribution in [3.05, 3.63) is 71.8 Å². The van der Waals surface area contributed by atoms with Crippen molar-refractivity contribution in [1.29, 1.82) is 0 Å². The summed E-state index contributed by atoms with van der Waals surface area (Å²) in [6.07, 6.45) is -1.34. The van der Waals surface area contributed by atoms with Gasteiger partial charge in [-0.05, 0) is 52.3 Å². The fourth-order valence-electron chi connectivity index (χ4n) is 3.09. The lowest BCUT2D eigenvalue weighted by molar-refractivity contribution is -0.160. The van der Waals surface area contributed by atoms with Gasteiger partial charge in [-0.25, -0.2) is 9.59 Å². The molecule has 2 aromatic carbocycles. The van der Waals surface area contributed by atoms with E-state index >= 15 is 0 Å². The Labute approximate surface area is 189 Å². The first kappa shape index (κ1) is 25.1. The highest BCUT2D eigenvalue weighted by molar-refractivity contribution is 5.97. The summed E-state index contributed by atoms with van der Waals surface area (Å²) in [5.41, 5.74) is 1.13. The Morgan fingerprint density at radius 3 is 1.84 bits per heavy atom. The van der Waals surface area contributed by atoms with E-state index in [1.165, 1.54) is 0 Å². The lowest BCUT2D eigenvalue weighted by atomic mass is 10.1. The highest BCUT2D eigenvalue weighted by Crippen LogP contribution is 2.18. The molecule has 32 heavy (non-hydrogen) atoms. The average Bonchev–Trinajstić information content (AvgIpc) is 2.76. The summed E-state index contributed by atoms with van der Waals surface area (Å²) in [5, 5.41) is 5.84. The number of ether oxygens (including phenoxy) is 2. The van der Waals surface area contributed by atoms with E-state index in [9.17, 15) is 14.4 Å². The first-order chi connectivity index (χ1) is 15.2. The second kappa shape index (κ2) is 12.0. The molecular weight excluding hydrogens is 408 g/mol. The van der Waals surface area contributed by atoms with Crippen LogP contribution >= 0.6 is 0 Å². The second-order valence-electron chi connectivity index (χ2n) is 8.11. The third kappa shape index (κ3) is 7.50. The van der Waals surface area contributed by atoms with Gasteiger partial charge >= 0.3 is 11.9 Å². The van der Waals surface area contributed by atoms with Crippen LogP contribution in [-0.2, 0) is 19.1 Å².